The number of hydrogen-bond donors (Lipinski definition) is 0. The molecule has 3 unspecified atom stereocenters. The molecule has 1 aliphatic carbocycles. The molecule has 2 fully saturated rings. The molecule has 1 heterocycles. The summed E-state index contributed by atoms with van der Waals surface area (Å²) in [5, 5.41) is 4.22. The lowest BCUT2D eigenvalue weighted by Gasteiger charge is -2.38. The van der Waals surface area contributed by atoms with E-state index in [2.05, 4.69) is 5.16 Å². The first-order chi connectivity index (χ1) is 9.31. The highest BCUT2D eigenvalue weighted by Gasteiger charge is 2.35. The highest BCUT2D eigenvalue weighted by atomic mass is 16.6. The Bertz CT molecular complexity index is 295. The van der Waals surface area contributed by atoms with Gasteiger partial charge in [-0.05, 0) is 26.2 Å². The molecule has 5 nitrogen and oxygen atoms in total. The first-order valence-electron chi connectivity index (χ1n) is 7.20. The monoisotopic (exact) mass is 271 g/mol. The molecule has 19 heavy (non-hydrogen) atoms. The zero-order valence-electron chi connectivity index (χ0n) is 12.0. The maximum atomic E-state index is 5.78. The van der Waals surface area contributed by atoms with E-state index in [0.29, 0.717) is 25.2 Å². The van der Waals surface area contributed by atoms with Crippen molar-refractivity contribution in [2.75, 3.05) is 33.5 Å². The summed E-state index contributed by atoms with van der Waals surface area (Å²) in [5.41, 5.74) is 1.07. The maximum absolute atomic E-state index is 5.78. The van der Waals surface area contributed by atoms with E-state index in [1.165, 1.54) is 0 Å². The molecule has 0 aromatic carbocycles. The Balaban J connectivity index is 1.73. The fraction of sp³-hybridized carbons (Fsp3) is 0.929. The van der Waals surface area contributed by atoms with Gasteiger partial charge in [0.25, 0.3) is 0 Å². The largest absolute Gasteiger partial charge is 0.396 e. The van der Waals surface area contributed by atoms with Crippen molar-refractivity contribution in [3.05, 3.63) is 0 Å². The van der Waals surface area contributed by atoms with Gasteiger partial charge in [-0.2, -0.15) is 0 Å². The van der Waals surface area contributed by atoms with Gasteiger partial charge in [0.2, 0.25) is 0 Å². The first-order valence-corrected chi connectivity index (χ1v) is 7.20. The van der Waals surface area contributed by atoms with Crippen LogP contribution in [0.2, 0.25) is 0 Å². The van der Waals surface area contributed by atoms with Gasteiger partial charge >= 0.3 is 0 Å². The minimum Gasteiger partial charge on any atom is -0.396 e. The van der Waals surface area contributed by atoms with Gasteiger partial charge in [0.1, 0.15) is 6.61 Å². The van der Waals surface area contributed by atoms with E-state index < -0.39 is 0 Å². The molecule has 110 valence electrons. The molecular weight excluding hydrogens is 246 g/mol. The summed E-state index contributed by atoms with van der Waals surface area (Å²) >= 11 is 0. The molecule has 0 aromatic rings. The van der Waals surface area contributed by atoms with Crippen LogP contribution in [-0.4, -0.2) is 51.5 Å². The molecule has 0 radical (unpaired) electrons. The smallest absolute Gasteiger partial charge is 0.119 e. The second-order valence-corrected chi connectivity index (χ2v) is 5.24. The highest BCUT2D eigenvalue weighted by molar-refractivity contribution is 5.84. The van der Waals surface area contributed by atoms with Crippen molar-refractivity contribution < 1.29 is 19.0 Å². The first kappa shape index (κ1) is 14.8. The fourth-order valence-electron chi connectivity index (χ4n) is 2.74. The number of hydrogen-bond acceptors (Lipinski definition) is 5. The standard InChI is InChI=1S/C14H25NO4/c1-11(15-19-7-3-6-16-2)12-4-5-13-14(10-12)18-9-8-17-13/h12-14H,3-10H2,1-2H3/b15-11+. The van der Waals surface area contributed by atoms with Crippen molar-refractivity contribution in [1.29, 1.82) is 0 Å². The molecule has 0 spiro atoms. The predicted molar refractivity (Wildman–Crippen MR) is 72.4 cm³/mol. The van der Waals surface area contributed by atoms with Crippen LogP contribution in [0.1, 0.15) is 32.6 Å². The number of rotatable bonds is 6. The maximum Gasteiger partial charge on any atom is 0.119 e. The van der Waals surface area contributed by atoms with E-state index in [1.54, 1.807) is 7.11 Å². The molecule has 5 heteroatoms. The predicted octanol–water partition coefficient (Wildman–Crippen LogP) is 2.00. The summed E-state index contributed by atoms with van der Waals surface area (Å²) < 4.78 is 16.5. The average molecular weight is 271 g/mol. The molecule has 2 rings (SSSR count). The summed E-state index contributed by atoms with van der Waals surface area (Å²) in [6, 6.07) is 0. The summed E-state index contributed by atoms with van der Waals surface area (Å²) in [5.74, 6) is 0.463. The van der Waals surface area contributed by atoms with Crippen molar-refractivity contribution in [2.45, 2.75) is 44.8 Å². The SMILES string of the molecule is COCCCO/N=C(\C)C1CCC2OCCOC2C1. The number of oxime groups is 1. The minimum absolute atomic E-state index is 0.242. The third-order valence-electron chi connectivity index (χ3n) is 3.86. The topological polar surface area (TPSA) is 49.3 Å². The number of fused-ring (bicyclic) bond motifs is 1. The van der Waals surface area contributed by atoms with Crippen LogP contribution in [0.25, 0.3) is 0 Å². The van der Waals surface area contributed by atoms with E-state index in [4.69, 9.17) is 19.0 Å². The molecular formula is C14H25NO4. The van der Waals surface area contributed by atoms with Crippen LogP contribution < -0.4 is 0 Å². The van der Waals surface area contributed by atoms with Gasteiger partial charge in [0.05, 0.1) is 31.1 Å². The van der Waals surface area contributed by atoms with E-state index in [0.717, 1.165) is 44.6 Å². The van der Waals surface area contributed by atoms with Crippen molar-refractivity contribution in [3.8, 4) is 0 Å². The minimum atomic E-state index is 0.242. The molecule has 3 atom stereocenters. The Morgan fingerprint density at radius 3 is 2.74 bits per heavy atom. The lowest BCUT2D eigenvalue weighted by molar-refractivity contribution is -0.157. The number of nitrogens with zero attached hydrogens (tertiary/aromatic N) is 1. The molecule has 1 saturated heterocycles. The van der Waals surface area contributed by atoms with Crippen LogP contribution in [0.15, 0.2) is 5.16 Å². The fourth-order valence-corrected chi connectivity index (χ4v) is 2.74. The van der Waals surface area contributed by atoms with Crippen LogP contribution in [0, 0.1) is 5.92 Å². The normalized spacial score (nSPS) is 31.9. The second kappa shape index (κ2) is 7.82. The zero-order chi connectivity index (χ0) is 13.5. The number of methoxy groups -OCH3 is 1. The highest BCUT2D eigenvalue weighted by Crippen LogP contribution is 2.31. The molecule has 1 aliphatic heterocycles. The van der Waals surface area contributed by atoms with Gasteiger partial charge in [-0.15, -0.1) is 0 Å². The van der Waals surface area contributed by atoms with Gasteiger partial charge in [0.15, 0.2) is 0 Å². The third-order valence-corrected chi connectivity index (χ3v) is 3.86. The Morgan fingerprint density at radius 1 is 1.16 bits per heavy atom. The molecule has 0 aromatic heterocycles. The summed E-state index contributed by atoms with van der Waals surface area (Å²) in [4.78, 5) is 5.32. The summed E-state index contributed by atoms with van der Waals surface area (Å²) in [6.45, 7) is 4.83. The average Bonchev–Trinajstić information content (AvgIpc) is 2.46. The van der Waals surface area contributed by atoms with Crippen molar-refractivity contribution in [1.82, 2.24) is 0 Å². The lowest BCUT2D eigenvalue weighted by atomic mass is 9.82. The van der Waals surface area contributed by atoms with Gasteiger partial charge in [-0.1, -0.05) is 5.16 Å². The van der Waals surface area contributed by atoms with Crippen LogP contribution in [-0.2, 0) is 19.0 Å². The van der Waals surface area contributed by atoms with Crippen molar-refractivity contribution in [2.24, 2.45) is 11.1 Å². The Kier molecular flexibility index (Phi) is 6.07. The van der Waals surface area contributed by atoms with Crippen molar-refractivity contribution in [3.63, 3.8) is 0 Å². The van der Waals surface area contributed by atoms with Crippen LogP contribution in [0.4, 0.5) is 0 Å². The van der Waals surface area contributed by atoms with Gasteiger partial charge in [0, 0.05) is 26.1 Å². The zero-order valence-corrected chi connectivity index (χ0v) is 12.0. The van der Waals surface area contributed by atoms with E-state index in [-0.39, 0.29) is 6.10 Å². The third kappa shape index (κ3) is 4.44. The second-order valence-electron chi connectivity index (χ2n) is 5.24. The quantitative estimate of drug-likeness (QED) is 0.421. The molecule has 0 amide bonds. The van der Waals surface area contributed by atoms with E-state index in [1.807, 2.05) is 6.92 Å². The van der Waals surface area contributed by atoms with Crippen LogP contribution >= 0.6 is 0 Å². The Hall–Kier alpha value is -0.650. The summed E-state index contributed by atoms with van der Waals surface area (Å²) in [7, 11) is 1.69. The molecule has 2 aliphatic rings. The lowest BCUT2D eigenvalue weighted by Crippen LogP contribution is -2.44. The Labute approximate surface area is 115 Å². The van der Waals surface area contributed by atoms with Crippen LogP contribution in [0.5, 0.6) is 0 Å². The van der Waals surface area contributed by atoms with Crippen molar-refractivity contribution >= 4 is 5.71 Å². The van der Waals surface area contributed by atoms with Crippen LogP contribution in [0.3, 0.4) is 0 Å². The molecule has 0 bridgehead atoms. The summed E-state index contributed by atoms with van der Waals surface area (Å²) in [6.07, 6.45) is 4.58. The van der Waals surface area contributed by atoms with Gasteiger partial charge < -0.3 is 19.0 Å². The van der Waals surface area contributed by atoms with E-state index in [9.17, 15) is 0 Å². The Morgan fingerprint density at radius 2 is 1.95 bits per heavy atom. The number of ether oxygens (including phenoxy) is 3. The molecule has 1 saturated carbocycles. The molecule has 0 N–H and O–H groups in total. The van der Waals surface area contributed by atoms with Gasteiger partial charge in [-0.25, -0.2) is 0 Å². The van der Waals surface area contributed by atoms with E-state index >= 15 is 0 Å². The van der Waals surface area contributed by atoms with Gasteiger partial charge in [-0.3, -0.25) is 0 Å².